The lowest BCUT2D eigenvalue weighted by atomic mass is 9.81. The summed E-state index contributed by atoms with van der Waals surface area (Å²) in [4.78, 5) is 24.1. The van der Waals surface area contributed by atoms with Crippen LogP contribution in [0.25, 0.3) is 11.2 Å². The molecule has 188 valence electrons. The number of nitrogen functional groups attached to an aromatic ring is 1. The Balaban J connectivity index is 1.42. The molecule has 1 fully saturated rings. The molecule has 4 N–H and O–H groups in total. The monoisotopic (exact) mass is 568 g/mol. The van der Waals surface area contributed by atoms with Gasteiger partial charge in [0.25, 0.3) is 0 Å². The average Bonchev–Trinajstić information content (AvgIpc) is 3.18. The van der Waals surface area contributed by atoms with Crippen LogP contribution in [0.3, 0.4) is 0 Å². The first kappa shape index (κ1) is 25.4. The number of carbonyl (C=O) groups is 1. The predicted octanol–water partition coefficient (Wildman–Crippen LogP) is 3.79. The van der Waals surface area contributed by atoms with Crippen molar-refractivity contribution in [3.8, 4) is 11.6 Å². The van der Waals surface area contributed by atoms with Crippen LogP contribution in [0.4, 0.5) is 5.95 Å². The van der Waals surface area contributed by atoms with Crippen molar-refractivity contribution in [2.75, 3.05) is 18.9 Å². The molecule has 35 heavy (non-hydrogen) atoms. The van der Waals surface area contributed by atoms with Gasteiger partial charge in [0.1, 0.15) is 11.8 Å². The lowest BCUT2D eigenvalue weighted by Gasteiger charge is -2.36. The highest BCUT2D eigenvalue weighted by molar-refractivity contribution is 9.10. The topological polar surface area (TPSA) is 164 Å². The molecule has 3 aromatic rings. The molecule has 0 aliphatic heterocycles. The van der Waals surface area contributed by atoms with Gasteiger partial charge in [0.15, 0.2) is 11.2 Å². The second-order valence-electron chi connectivity index (χ2n) is 8.16. The number of aliphatic carboxylic acids is 1. The van der Waals surface area contributed by atoms with Crippen LogP contribution >= 0.6 is 23.7 Å². The number of nitrogens with one attached hydrogen (secondary N) is 1. The molecule has 2 unspecified atom stereocenters. The molecule has 0 radical (unpaired) electrons. The van der Waals surface area contributed by atoms with E-state index in [1.807, 2.05) is 11.5 Å². The summed E-state index contributed by atoms with van der Waals surface area (Å²) in [6.07, 6.45) is 3.11. The van der Waals surface area contributed by atoms with Gasteiger partial charge < -0.3 is 24.7 Å². The molecule has 0 saturated heterocycles. The normalized spacial score (nSPS) is 20.1. The smallest absolute Gasteiger partial charge is 0.459 e. The molecule has 1 aliphatic rings. The van der Waals surface area contributed by atoms with Crippen LogP contribution in [0.2, 0.25) is 0 Å². The van der Waals surface area contributed by atoms with E-state index in [0.29, 0.717) is 42.2 Å². The standard InChI is InChI=1S/C21H26BrN6O6P/c1-3-32-19-17-18(25-21(23)26-19)28(11-24-17)15-8-13(9-15)10-33-35(31,27-12(2)20(29)30)34-16-6-4-14(22)5-7-16/h4-7,11-13,15H,3,8-10H2,1-2H3,(H,27,31)(H,29,30)(H2,23,25,26). The highest BCUT2D eigenvalue weighted by Gasteiger charge is 2.37. The summed E-state index contributed by atoms with van der Waals surface area (Å²) in [5.74, 6) is -0.354. The molecule has 0 spiro atoms. The number of anilines is 1. The second kappa shape index (κ2) is 10.5. The Bertz CT molecular complexity index is 1250. The minimum Gasteiger partial charge on any atom is -0.480 e. The first-order valence-electron chi connectivity index (χ1n) is 11.0. The number of carboxylic acids is 1. The molecule has 0 amide bonds. The fraction of sp³-hybridized carbons (Fsp3) is 0.429. The van der Waals surface area contributed by atoms with E-state index in [9.17, 15) is 14.5 Å². The van der Waals surface area contributed by atoms with Crippen LogP contribution in [0.5, 0.6) is 11.6 Å². The number of carboxylic acid groups (broad SMARTS) is 1. The number of benzene rings is 1. The zero-order valence-electron chi connectivity index (χ0n) is 19.1. The highest BCUT2D eigenvalue weighted by atomic mass is 79.9. The van der Waals surface area contributed by atoms with Gasteiger partial charge in [0.05, 0.1) is 19.5 Å². The van der Waals surface area contributed by atoms with Gasteiger partial charge in [-0.3, -0.25) is 9.32 Å². The second-order valence-corrected chi connectivity index (χ2v) is 10.8. The van der Waals surface area contributed by atoms with E-state index in [1.54, 1.807) is 30.6 Å². The van der Waals surface area contributed by atoms with Crippen LogP contribution in [-0.4, -0.2) is 49.9 Å². The summed E-state index contributed by atoms with van der Waals surface area (Å²) in [7, 11) is -3.96. The predicted molar refractivity (Wildman–Crippen MR) is 131 cm³/mol. The molecule has 1 aromatic carbocycles. The van der Waals surface area contributed by atoms with Gasteiger partial charge in [-0.1, -0.05) is 15.9 Å². The van der Waals surface area contributed by atoms with E-state index in [0.717, 1.165) is 4.47 Å². The van der Waals surface area contributed by atoms with Crippen LogP contribution in [0, 0.1) is 5.92 Å². The van der Waals surface area contributed by atoms with Crippen molar-refractivity contribution in [2.45, 2.75) is 38.8 Å². The Morgan fingerprint density at radius 3 is 2.71 bits per heavy atom. The summed E-state index contributed by atoms with van der Waals surface area (Å²) in [6, 6.07) is 5.63. The van der Waals surface area contributed by atoms with Crippen molar-refractivity contribution in [1.82, 2.24) is 24.6 Å². The van der Waals surface area contributed by atoms with Gasteiger partial charge in [-0.15, -0.1) is 0 Å². The first-order valence-corrected chi connectivity index (χ1v) is 13.3. The Hall–Kier alpha value is -2.73. The van der Waals surface area contributed by atoms with E-state index in [-0.39, 0.29) is 24.5 Å². The molecule has 0 bridgehead atoms. The fourth-order valence-electron chi connectivity index (χ4n) is 3.70. The maximum Gasteiger partial charge on any atom is 0.459 e. The Labute approximate surface area is 209 Å². The summed E-state index contributed by atoms with van der Waals surface area (Å²) in [6.45, 7) is 3.77. The van der Waals surface area contributed by atoms with Gasteiger partial charge in [-0.2, -0.15) is 15.1 Å². The Morgan fingerprint density at radius 2 is 2.06 bits per heavy atom. The van der Waals surface area contributed by atoms with Crippen molar-refractivity contribution in [3.05, 3.63) is 35.1 Å². The zero-order chi connectivity index (χ0) is 25.2. The van der Waals surface area contributed by atoms with E-state index < -0.39 is 19.8 Å². The number of hydrogen-bond acceptors (Lipinski definition) is 9. The number of hydrogen-bond donors (Lipinski definition) is 3. The van der Waals surface area contributed by atoms with Crippen molar-refractivity contribution in [3.63, 3.8) is 0 Å². The molecule has 4 rings (SSSR count). The Morgan fingerprint density at radius 1 is 1.34 bits per heavy atom. The van der Waals surface area contributed by atoms with Gasteiger partial charge in [-0.25, -0.2) is 9.55 Å². The van der Waals surface area contributed by atoms with Crippen molar-refractivity contribution < 1.29 is 28.3 Å². The first-order chi connectivity index (χ1) is 16.7. The van der Waals surface area contributed by atoms with E-state index >= 15 is 0 Å². The number of imidazole rings is 1. The highest BCUT2D eigenvalue weighted by Crippen LogP contribution is 2.48. The summed E-state index contributed by atoms with van der Waals surface area (Å²) >= 11 is 3.33. The number of nitrogens with zero attached hydrogens (tertiary/aromatic N) is 4. The van der Waals surface area contributed by atoms with E-state index in [4.69, 9.17) is 19.5 Å². The van der Waals surface area contributed by atoms with Crippen LogP contribution in [-0.2, 0) is 13.9 Å². The molecule has 2 heterocycles. The summed E-state index contributed by atoms with van der Waals surface area (Å²) in [5.41, 5.74) is 6.97. The third-order valence-corrected chi connectivity index (χ3v) is 7.71. The molecule has 2 aromatic heterocycles. The van der Waals surface area contributed by atoms with Crippen molar-refractivity contribution in [2.24, 2.45) is 5.92 Å². The molecular weight excluding hydrogens is 543 g/mol. The number of halogens is 1. The lowest BCUT2D eigenvalue weighted by molar-refractivity contribution is -0.138. The Kier molecular flexibility index (Phi) is 7.60. The third-order valence-electron chi connectivity index (χ3n) is 5.53. The van der Waals surface area contributed by atoms with Gasteiger partial charge in [0, 0.05) is 10.5 Å². The maximum absolute atomic E-state index is 13.4. The number of ether oxygens (including phenoxy) is 1. The maximum atomic E-state index is 13.4. The van der Waals surface area contributed by atoms with Crippen LogP contribution in [0.1, 0.15) is 32.7 Å². The van der Waals surface area contributed by atoms with Gasteiger partial charge in [0.2, 0.25) is 11.8 Å². The number of fused-ring (bicyclic) bond motifs is 1. The minimum absolute atomic E-state index is 0.0757. The molecule has 1 aliphatic carbocycles. The summed E-state index contributed by atoms with van der Waals surface area (Å²) in [5, 5.41) is 11.7. The molecule has 2 atom stereocenters. The SMILES string of the molecule is CCOc1nc(N)nc2c1ncn2C1CC(COP(=O)(NC(C)C(=O)O)Oc2ccc(Br)cc2)C1. The third kappa shape index (κ3) is 5.92. The molecule has 14 heteroatoms. The van der Waals surface area contributed by atoms with Crippen molar-refractivity contribution >= 4 is 46.8 Å². The summed E-state index contributed by atoms with van der Waals surface area (Å²) < 4.78 is 32.9. The average molecular weight is 569 g/mol. The number of rotatable bonds is 11. The minimum atomic E-state index is -3.96. The van der Waals surface area contributed by atoms with Gasteiger partial charge in [-0.05, 0) is 56.9 Å². The largest absolute Gasteiger partial charge is 0.480 e. The van der Waals surface area contributed by atoms with Crippen molar-refractivity contribution in [1.29, 1.82) is 0 Å². The number of aromatic nitrogens is 4. The van der Waals surface area contributed by atoms with Gasteiger partial charge >= 0.3 is 13.7 Å². The van der Waals surface area contributed by atoms with Crippen LogP contribution < -0.4 is 20.1 Å². The quantitative estimate of drug-likeness (QED) is 0.288. The number of nitrogens with two attached hydrogens (primary N) is 1. The lowest BCUT2D eigenvalue weighted by Crippen LogP contribution is -2.35. The van der Waals surface area contributed by atoms with Crippen LogP contribution in [0.15, 0.2) is 35.1 Å². The zero-order valence-corrected chi connectivity index (χ0v) is 21.6. The van der Waals surface area contributed by atoms with E-state index in [2.05, 4.69) is 36.0 Å². The fourth-order valence-corrected chi connectivity index (χ4v) is 5.53. The molecule has 12 nitrogen and oxygen atoms in total. The van der Waals surface area contributed by atoms with E-state index in [1.165, 1.54) is 6.92 Å². The molecule has 1 saturated carbocycles. The molecular formula is C21H26BrN6O6P.